The van der Waals surface area contributed by atoms with Gasteiger partial charge in [0, 0.05) is 25.1 Å². The van der Waals surface area contributed by atoms with Crippen LogP contribution in [0, 0.1) is 0 Å². The Morgan fingerprint density at radius 2 is 2.25 bits per heavy atom. The number of rotatable bonds is 3. The summed E-state index contributed by atoms with van der Waals surface area (Å²) in [5.74, 6) is 0.988. The van der Waals surface area contributed by atoms with E-state index in [1.807, 2.05) is 18.6 Å². The standard InChI is InChI=1S/C13H15N3/c1-2-11-6-13(16-9-12(11)3-1)15-8-10-4-5-14-7-10/h4-7,9,14H,1-3,8H2,(H,15,16). The van der Waals surface area contributed by atoms with Gasteiger partial charge in [0.25, 0.3) is 0 Å². The van der Waals surface area contributed by atoms with Gasteiger partial charge >= 0.3 is 0 Å². The summed E-state index contributed by atoms with van der Waals surface area (Å²) in [5, 5.41) is 3.35. The Bertz CT molecular complexity index is 474. The minimum absolute atomic E-state index is 0.829. The molecular formula is C13H15N3. The van der Waals surface area contributed by atoms with Crippen LogP contribution in [-0.4, -0.2) is 9.97 Å². The van der Waals surface area contributed by atoms with E-state index in [9.17, 15) is 0 Å². The molecule has 2 heterocycles. The van der Waals surface area contributed by atoms with Crippen molar-refractivity contribution < 1.29 is 0 Å². The van der Waals surface area contributed by atoms with E-state index in [2.05, 4.69) is 27.4 Å². The van der Waals surface area contributed by atoms with E-state index in [-0.39, 0.29) is 0 Å². The molecule has 0 aliphatic heterocycles. The van der Waals surface area contributed by atoms with Gasteiger partial charge in [-0.1, -0.05) is 0 Å². The van der Waals surface area contributed by atoms with Crippen molar-refractivity contribution in [3.63, 3.8) is 0 Å². The first kappa shape index (κ1) is 9.46. The Hall–Kier alpha value is -1.77. The van der Waals surface area contributed by atoms with Gasteiger partial charge in [0.15, 0.2) is 0 Å². The lowest BCUT2D eigenvalue weighted by Crippen LogP contribution is -2.01. The summed E-state index contributed by atoms with van der Waals surface area (Å²) in [7, 11) is 0. The molecule has 2 aromatic rings. The molecule has 0 bridgehead atoms. The highest BCUT2D eigenvalue weighted by atomic mass is 15.0. The van der Waals surface area contributed by atoms with Crippen molar-refractivity contribution in [1.29, 1.82) is 0 Å². The fourth-order valence-corrected chi connectivity index (χ4v) is 2.21. The van der Waals surface area contributed by atoms with Crippen molar-refractivity contribution in [3.8, 4) is 0 Å². The summed E-state index contributed by atoms with van der Waals surface area (Å²) < 4.78 is 0. The Morgan fingerprint density at radius 3 is 3.12 bits per heavy atom. The summed E-state index contributed by atoms with van der Waals surface area (Å²) in [6.07, 6.45) is 9.63. The third-order valence-electron chi connectivity index (χ3n) is 3.11. The number of aromatic nitrogens is 2. The average molecular weight is 213 g/mol. The van der Waals surface area contributed by atoms with Gasteiger partial charge in [-0.05, 0) is 48.1 Å². The number of hydrogen-bond donors (Lipinski definition) is 2. The van der Waals surface area contributed by atoms with Gasteiger partial charge < -0.3 is 10.3 Å². The number of aromatic amines is 1. The number of aryl methyl sites for hydroxylation is 2. The smallest absolute Gasteiger partial charge is 0.126 e. The molecule has 1 aliphatic carbocycles. The van der Waals surface area contributed by atoms with Crippen LogP contribution in [0.25, 0.3) is 0 Å². The van der Waals surface area contributed by atoms with Crippen molar-refractivity contribution in [2.24, 2.45) is 0 Å². The van der Waals surface area contributed by atoms with Crippen molar-refractivity contribution in [2.45, 2.75) is 25.8 Å². The normalized spacial score (nSPS) is 13.8. The van der Waals surface area contributed by atoms with E-state index >= 15 is 0 Å². The Kier molecular flexibility index (Phi) is 2.37. The largest absolute Gasteiger partial charge is 0.367 e. The van der Waals surface area contributed by atoms with E-state index in [0.29, 0.717) is 0 Å². The number of fused-ring (bicyclic) bond motifs is 1. The lowest BCUT2D eigenvalue weighted by molar-refractivity contribution is 0.911. The monoisotopic (exact) mass is 213 g/mol. The van der Waals surface area contributed by atoms with Crippen LogP contribution in [0.2, 0.25) is 0 Å². The first-order valence-corrected chi connectivity index (χ1v) is 5.75. The molecule has 2 N–H and O–H groups in total. The highest BCUT2D eigenvalue weighted by Gasteiger charge is 2.11. The molecule has 3 heteroatoms. The van der Waals surface area contributed by atoms with Crippen LogP contribution in [0.4, 0.5) is 5.82 Å². The predicted molar refractivity (Wildman–Crippen MR) is 64.4 cm³/mol. The molecular weight excluding hydrogens is 198 g/mol. The van der Waals surface area contributed by atoms with E-state index in [1.165, 1.54) is 36.0 Å². The number of H-pyrrole nitrogens is 1. The molecule has 2 aromatic heterocycles. The molecule has 0 atom stereocenters. The number of pyridine rings is 1. The minimum Gasteiger partial charge on any atom is -0.367 e. The Labute approximate surface area is 94.9 Å². The van der Waals surface area contributed by atoms with Crippen molar-refractivity contribution in [3.05, 3.63) is 47.4 Å². The van der Waals surface area contributed by atoms with Gasteiger partial charge in [-0.2, -0.15) is 0 Å². The van der Waals surface area contributed by atoms with Crippen LogP contribution >= 0.6 is 0 Å². The predicted octanol–water partition coefficient (Wildman–Crippen LogP) is 2.51. The third-order valence-corrected chi connectivity index (χ3v) is 3.11. The molecule has 0 spiro atoms. The van der Waals surface area contributed by atoms with Crippen LogP contribution in [0.15, 0.2) is 30.7 Å². The maximum atomic E-state index is 4.43. The summed E-state index contributed by atoms with van der Waals surface area (Å²) in [4.78, 5) is 7.48. The van der Waals surface area contributed by atoms with Gasteiger partial charge in [0.1, 0.15) is 5.82 Å². The number of nitrogens with one attached hydrogen (secondary N) is 2. The zero-order chi connectivity index (χ0) is 10.8. The van der Waals surface area contributed by atoms with E-state index in [1.54, 1.807) is 0 Å². The fraction of sp³-hybridized carbons (Fsp3) is 0.308. The molecule has 3 rings (SSSR count). The van der Waals surface area contributed by atoms with Crippen LogP contribution in [0.5, 0.6) is 0 Å². The molecule has 0 saturated heterocycles. The van der Waals surface area contributed by atoms with E-state index < -0.39 is 0 Å². The van der Waals surface area contributed by atoms with Crippen LogP contribution in [-0.2, 0) is 19.4 Å². The molecule has 0 unspecified atom stereocenters. The number of anilines is 1. The van der Waals surface area contributed by atoms with Crippen LogP contribution in [0.1, 0.15) is 23.1 Å². The van der Waals surface area contributed by atoms with Gasteiger partial charge in [0.2, 0.25) is 0 Å². The second-order valence-corrected chi connectivity index (χ2v) is 4.26. The number of hydrogen-bond acceptors (Lipinski definition) is 2. The molecule has 0 saturated carbocycles. The van der Waals surface area contributed by atoms with Gasteiger partial charge in [-0.25, -0.2) is 4.98 Å². The highest BCUT2D eigenvalue weighted by molar-refractivity contribution is 5.43. The van der Waals surface area contributed by atoms with Crippen molar-refractivity contribution >= 4 is 5.82 Å². The quantitative estimate of drug-likeness (QED) is 0.822. The second-order valence-electron chi connectivity index (χ2n) is 4.26. The summed E-state index contributed by atoms with van der Waals surface area (Å²) >= 11 is 0. The molecule has 0 fully saturated rings. The Morgan fingerprint density at radius 1 is 1.31 bits per heavy atom. The first-order valence-electron chi connectivity index (χ1n) is 5.75. The summed E-state index contributed by atoms with van der Waals surface area (Å²) in [6, 6.07) is 4.26. The topological polar surface area (TPSA) is 40.7 Å². The van der Waals surface area contributed by atoms with Gasteiger partial charge in [0.05, 0.1) is 0 Å². The second kappa shape index (κ2) is 4.00. The average Bonchev–Trinajstić information content (AvgIpc) is 2.97. The summed E-state index contributed by atoms with van der Waals surface area (Å²) in [5.41, 5.74) is 4.14. The molecule has 1 aliphatic rings. The number of nitrogens with zero attached hydrogens (tertiary/aromatic N) is 1. The zero-order valence-electron chi connectivity index (χ0n) is 9.16. The zero-order valence-corrected chi connectivity index (χ0v) is 9.16. The molecule has 0 radical (unpaired) electrons. The van der Waals surface area contributed by atoms with E-state index in [4.69, 9.17) is 0 Å². The van der Waals surface area contributed by atoms with Crippen LogP contribution < -0.4 is 5.32 Å². The molecule has 82 valence electrons. The highest BCUT2D eigenvalue weighted by Crippen LogP contribution is 2.23. The minimum atomic E-state index is 0.829. The summed E-state index contributed by atoms with van der Waals surface area (Å²) in [6.45, 7) is 0.829. The maximum absolute atomic E-state index is 4.43. The molecule has 16 heavy (non-hydrogen) atoms. The molecule has 0 amide bonds. The SMILES string of the molecule is c1cc(CNc2cc3c(cn2)CCC3)c[nH]1. The van der Waals surface area contributed by atoms with Gasteiger partial charge in [-0.15, -0.1) is 0 Å². The lowest BCUT2D eigenvalue weighted by atomic mass is 10.2. The van der Waals surface area contributed by atoms with E-state index in [0.717, 1.165) is 12.4 Å². The lowest BCUT2D eigenvalue weighted by Gasteiger charge is -2.06. The fourth-order valence-electron chi connectivity index (χ4n) is 2.21. The van der Waals surface area contributed by atoms with Gasteiger partial charge in [-0.3, -0.25) is 0 Å². The maximum Gasteiger partial charge on any atom is 0.126 e. The molecule has 0 aromatic carbocycles. The Balaban J connectivity index is 1.71. The third kappa shape index (κ3) is 1.81. The van der Waals surface area contributed by atoms with Crippen LogP contribution in [0.3, 0.4) is 0 Å². The van der Waals surface area contributed by atoms with Crippen molar-refractivity contribution in [2.75, 3.05) is 5.32 Å². The van der Waals surface area contributed by atoms with Crippen molar-refractivity contribution in [1.82, 2.24) is 9.97 Å². The molecule has 3 nitrogen and oxygen atoms in total. The first-order chi connectivity index (χ1) is 7.92.